The van der Waals surface area contributed by atoms with E-state index in [1.165, 1.54) is 7.11 Å². The van der Waals surface area contributed by atoms with Crippen LogP contribution >= 0.6 is 0 Å². The van der Waals surface area contributed by atoms with Crippen LogP contribution in [0.1, 0.15) is 27.2 Å². The molecule has 104 valence electrons. The Hall–Kier alpha value is -0.360. The summed E-state index contributed by atoms with van der Waals surface area (Å²) >= 11 is 0. The highest BCUT2D eigenvalue weighted by Gasteiger charge is 2.53. The van der Waals surface area contributed by atoms with E-state index >= 15 is 0 Å². The lowest BCUT2D eigenvalue weighted by atomic mass is 10.1. The maximum absolute atomic E-state index is 13.2. The fourth-order valence-corrected chi connectivity index (χ4v) is 1.46. The van der Waals surface area contributed by atoms with Gasteiger partial charge in [-0.2, -0.15) is 8.78 Å². The lowest BCUT2D eigenvalue weighted by Crippen LogP contribution is -2.44. The Labute approximate surface area is 99.9 Å². The Bertz CT molecular complexity index is 214. The summed E-state index contributed by atoms with van der Waals surface area (Å²) in [5.41, 5.74) is 0. The molecule has 0 fully saturated rings. The number of rotatable bonds is 8. The Balaban J connectivity index is 4.50. The molecule has 0 amide bonds. The molecule has 0 heterocycles. The van der Waals surface area contributed by atoms with Crippen molar-refractivity contribution < 1.29 is 22.3 Å². The van der Waals surface area contributed by atoms with Crippen molar-refractivity contribution in [2.75, 3.05) is 26.7 Å². The number of likely N-dealkylation sites (N-methyl/N-ethyl adjacent to an activating group) is 1. The van der Waals surface area contributed by atoms with E-state index in [0.29, 0.717) is 13.1 Å². The summed E-state index contributed by atoms with van der Waals surface area (Å²) < 4.78 is 56.6. The lowest BCUT2D eigenvalue weighted by Gasteiger charge is -2.29. The molecule has 0 rings (SSSR count). The Morgan fingerprint density at radius 2 is 1.59 bits per heavy atom. The molecule has 0 aromatic carbocycles. The molecular weight excluding hydrogens is 238 g/mol. The SMILES string of the molecule is CCN(CC)CC(CC(F)(F)C(C)(F)F)OC. The second-order valence-electron chi connectivity index (χ2n) is 4.14. The van der Waals surface area contributed by atoms with Gasteiger partial charge in [-0.05, 0) is 13.1 Å². The first-order valence-electron chi connectivity index (χ1n) is 5.68. The standard InChI is InChI=1S/C11H21F4NO/c1-5-16(6-2)8-9(17-4)7-11(14,15)10(3,12)13/h9H,5-8H2,1-4H3. The maximum Gasteiger partial charge on any atom is 0.312 e. The van der Waals surface area contributed by atoms with Crippen molar-refractivity contribution >= 4 is 0 Å². The number of nitrogens with zero attached hydrogens (tertiary/aromatic N) is 1. The van der Waals surface area contributed by atoms with Gasteiger partial charge in [0.1, 0.15) is 0 Å². The Kier molecular flexibility index (Phi) is 6.40. The molecule has 0 aliphatic heterocycles. The number of ether oxygens (including phenoxy) is 1. The second kappa shape index (κ2) is 6.54. The number of alkyl halides is 4. The molecule has 0 saturated heterocycles. The first kappa shape index (κ1) is 16.6. The van der Waals surface area contributed by atoms with Gasteiger partial charge in [0.05, 0.1) is 6.10 Å². The van der Waals surface area contributed by atoms with Crippen LogP contribution in [-0.2, 0) is 4.74 Å². The minimum Gasteiger partial charge on any atom is -0.380 e. The molecule has 17 heavy (non-hydrogen) atoms. The normalized spacial score (nSPS) is 15.4. The van der Waals surface area contributed by atoms with Gasteiger partial charge in [-0.3, -0.25) is 0 Å². The summed E-state index contributed by atoms with van der Waals surface area (Å²) in [6.07, 6.45) is -1.86. The van der Waals surface area contributed by atoms with Crippen molar-refractivity contribution in [1.82, 2.24) is 4.90 Å². The molecule has 0 aliphatic rings. The number of hydrogen-bond acceptors (Lipinski definition) is 2. The van der Waals surface area contributed by atoms with Crippen LogP contribution in [0.3, 0.4) is 0 Å². The van der Waals surface area contributed by atoms with E-state index < -0.39 is 24.4 Å². The summed E-state index contributed by atoms with van der Waals surface area (Å²) in [5.74, 6) is -8.06. The summed E-state index contributed by atoms with van der Waals surface area (Å²) in [7, 11) is 1.26. The highest BCUT2D eigenvalue weighted by atomic mass is 19.3. The van der Waals surface area contributed by atoms with E-state index in [2.05, 4.69) is 0 Å². The first-order chi connectivity index (χ1) is 7.67. The molecule has 0 spiro atoms. The van der Waals surface area contributed by atoms with Gasteiger partial charge >= 0.3 is 11.8 Å². The van der Waals surface area contributed by atoms with Crippen molar-refractivity contribution in [1.29, 1.82) is 0 Å². The molecule has 1 unspecified atom stereocenters. The summed E-state index contributed by atoms with van der Waals surface area (Å²) in [6.45, 7) is 5.56. The van der Waals surface area contributed by atoms with Crippen LogP contribution < -0.4 is 0 Å². The van der Waals surface area contributed by atoms with Gasteiger partial charge in [-0.25, -0.2) is 8.78 Å². The molecule has 0 aliphatic carbocycles. The quantitative estimate of drug-likeness (QED) is 0.621. The predicted octanol–water partition coefficient (Wildman–Crippen LogP) is 3.02. The highest BCUT2D eigenvalue weighted by molar-refractivity contribution is 4.84. The second-order valence-corrected chi connectivity index (χ2v) is 4.14. The average Bonchev–Trinajstić information content (AvgIpc) is 2.22. The fraction of sp³-hybridized carbons (Fsp3) is 1.00. The van der Waals surface area contributed by atoms with Crippen LogP contribution in [0.15, 0.2) is 0 Å². The fourth-order valence-electron chi connectivity index (χ4n) is 1.46. The third-order valence-electron chi connectivity index (χ3n) is 2.82. The van der Waals surface area contributed by atoms with Crippen LogP contribution in [-0.4, -0.2) is 49.6 Å². The summed E-state index contributed by atoms with van der Waals surface area (Å²) in [5, 5.41) is 0. The molecular formula is C11H21F4NO. The van der Waals surface area contributed by atoms with E-state index in [4.69, 9.17) is 4.74 Å². The smallest absolute Gasteiger partial charge is 0.312 e. The third kappa shape index (κ3) is 5.21. The zero-order chi connectivity index (χ0) is 13.7. The number of methoxy groups -OCH3 is 1. The zero-order valence-corrected chi connectivity index (χ0v) is 10.8. The van der Waals surface area contributed by atoms with Crippen LogP contribution in [0.4, 0.5) is 17.6 Å². The topological polar surface area (TPSA) is 12.5 Å². The van der Waals surface area contributed by atoms with Crippen molar-refractivity contribution in [3.05, 3.63) is 0 Å². The molecule has 6 heteroatoms. The average molecular weight is 259 g/mol. The molecule has 0 aromatic rings. The molecule has 0 bridgehead atoms. The van der Waals surface area contributed by atoms with Crippen molar-refractivity contribution in [3.8, 4) is 0 Å². The van der Waals surface area contributed by atoms with Gasteiger partial charge in [0, 0.05) is 27.0 Å². The third-order valence-corrected chi connectivity index (χ3v) is 2.82. The van der Waals surface area contributed by atoms with Crippen LogP contribution in [0.25, 0.3) is 0 Å². The van der Waals surface area contributed by atoms with Gasteiger partial charge in [-0.15, -0.1) is 0 Å². The van der Waals surface area contributed by atoms with Gasteiger partial charge in [0.2, 0.25) is 0 Å². The predicted molar refractivity (Wildman–Crippen MR) is 58.8 cm³/mol. The van der Waals surface area contributed by atoms with Gasteiger partial charge in [0.25, 0.3) is 0 Å². The molecule has 2 nitrogen and oxygen atoms in total. The summed E-state index contributed by atoms with van der Waals surface area (Å²) in [6, 6.07) is 0. The van der Waals surface area contributed by atoms with E-state index in [-0.39, 0.29) is 13.5 Å². The Morgan fingerprint density at radius 3 is 1.88 bits per heavy atom. The number of halogens is 4. The highest BCUT2D eigenvalue weighted by Crippen LogP contribution is 2.37. The molecule has 1 atom stereocenters. The van der Waals surface area contributed by atoms with Gasteiger partial charge in [0.15, 0.2) is 0 Å². The Morgan fingerprint density at radius 1 is 1.12 bits per heavy atom. The molecule has 0 aromatic heterocycles. The molecule has 0 radical (unpaired) electrons. The molecule has 0 N–H and O–H groups in total. The largest absolute Gasteiger partial charge is 0.380 e. The van der Waals surface area contributed by atoms with E-state index in [1.807, 2.05) is 18.7 Å². The van der Waals surface area contributed by atoms with Crippen LogP contribution in [0.5, 0.6) is 0 Å². The van der Waals surface area contributed by atoms with Crippen LogP contribution in [0, 0.1) is 0 Å². The van der Waals surface area contributed by atoms with Crippen LogP contribution in [0.2, 0.25) is 0 Å². The van der Waals surface area contributed by atoms with Gasteiger partial charge in [-0.1, -0.05) is 13.8 Å². The van der Waals surface area contributed by atoms with Crippen molar-refractivity contribution in [3.63, 3.8) is 0 Å². The number of hydrogen-bond donors (Lipinski definition) is 0. The minimum absolute atomic E-state index is 0.231. The lowest BCUT2D eigenvalue weighted by molar-refractivity contribution is -0.213. The van der Waals surface area contributed by atoms with Crippen molar-refractivity contribution in [2.24, 2.45) is 0 Å². The maximum atomic E-state index is 13.2. The first-order valence-corrected chi connectivity index (χ1v) is 5.68. The van der Waals surface area contributed by atoms with E-state index in [1.54, 1.807) is 0 Å². The van der Waals surface area contributed by atoms with E-state index in [9.17, 15) is 17.6 Å². The monoisotopic (exact) mass is 259 g/mol. The van der Waals surface area contributed by atoms with Crippen molar-refractivity contribution in [2.45, 2.75) is 45.1 Å². The van der Waals surface area contributed by atoms with E-state index in [0.717, 1.165) is 0 Å². The summed E-state index contributed by atoms with van der Waals surface area (Å²) in [4.78, 5) is 1.86. The minimum atomic E-state index is -4.04. The van der Waals surface area contributed by atoms with Gasteiger partial charge < -0.3 is 9.64 Å². The zero-order valence-electron chi connectivity index (χ0n) is 10.8. The molecule has 0 saturated carbocycles.